The van der Waals surface area contributed by atoms with Gasteiger partial charge in [-0.2, -0.15) is 13.2 Å². The van der Waals surface area contributed by atoms with Crippen molar-refractivity contribution in [2.45, 2.75) is 32.5 Å². The van der Waals surface area contributed by atoms with E-state index in [9.17, 15) is 22.7 Å². The molecule has 0 aliphatic carbocycles. The zero-order valence-corrected chi connectivity index (χ0v) is 10.8. The third kappa shape index (κ3) is 4.70. The van der Waals surface area contributed by atoms with Gasteiger partial charge >= 0.3 is 6.18 Å². The van der Waals surface area contributed by atoms with E-state index >= 15 is 0 Å². The summed E-state index contributed by atoms with van der Waals surface area (Å²) >= 11 is 0. The number of hydrogen-bond acceptors (Lipinski definition) is 2. The van der Waals surface area contributed by atoms with E-state index in [0.29, 0.717) is 6.42 Å². The van der Waals surface area contributed by atoms with Gasteiger partial charge in [0.05, 0.1) is 6.10 Å². The number of alkyl halides is 3. The molecular weight excluding hydrogens is 262 g/mol. The standard InChI is InChI=1S/C13H17F4NO/c1-3-6-18(8-13(15,16)17)12-5-4-10(14)7-11(12)9(2)19/h4-5,7,9,19H,3,6,8H2,1-2H3/t9-/m1/s1. The number of halogens is 4. The van der Waals surface area contributed by atoms with Crippen LogP contribution in [-0.4, -0.2) is 24.4 Å². The Labute approximate surface area is 109 Å². The van der Waals surface area contributed by atoms with E-state index in [1.807, 2.05) is 0 Å². The Balaban J connectivity index is 3.14. The average Bonchev–Trinajstić information content (AvgIpc) is 2.26. The van der Waals surface area contributed by atoms with Gasteiger partial charge < -0.3 is 10.0 Å². The van der Waals surface area contributed by atoms with E-state index < -0.39 is 24.6 Å². The van der Waals surface area contributed by atoms with E-state index in [0.717, 1.165) is 17.0 Å². The van der Waals surface area contributed by atoms with Crippen LogP contribution in [0.2, 0.25) is 0 Å². The fourth-order valence-electron chi connectivity index (χ4n) is 1.92. The molecule has 19 heavy (non-hydrogen) atoms. The second-order valence-corrected chi connectivity index (χ2v) is 4.42. The first-order chi connectivity index (χ1) is 8.74. The molecule has 0 saturated carbocycles. The van der Waals surface area contributed by atoms with E-state index in [4.69, 9.17) is 0 Å². The Morgan fingerprint density at radius 1 is 1.32 bits per heavy atom. The number of rotatable bonds is 5. The van der Waals surface area contributed by atoms with Gasteiger partial charge in [-0.15, -0.1) is 0 Å². The molecule has 108 valence electrons. The molecule has 0 aliphatic rings. The minimum absolute atomic E-state index is 0.165. The molecule has 0 heterocycles. The molecule has 1 N–H and O–H groups in total. The summed E-state index contributed by atoms with van der Waals surface area (Å²) in [6, 6.07) is 3.44. The van der Waals surface area contributed by atoms with Crippen molar-refractivity contribution in [1.82, 2.24) is 0 Å². The van der Waals surface area contributed by atoms with Gasteiger partial charge in [0.25, 0.3) is 0 Å². The van der Waals surface area contributed by atoms with Crippen molar-refractivity contribution in [1.29, 1.82) is 0 Å². The molecule has 0 bridgehead atoms. The van der Waals surface area contributed by atoms with Crippen LogP contribution >= 0.6 is 0 Å². The van der Waals surface area contributed by atoms with Crippen molar-refractivity contribution in [2.75, 3.05) is 18.0 Å². The maximum atomic E-state index is 13.1. The lowest BCUT2D eigenvalue weighted by Gasteiger charge is -2.28. The Kier molecular flexibility index (Phi) is 5.17. The van der Waals surface area contributed by atoms with Gasteiger partial charge in [0, 0.05) is 17.8 Å². The number of aliphatic hydroxyl groups excluding tert-OH is 1. The maximum absolute atomic E-state index is 13.1. The molecule has 2 nitrogen and oxygen atoms in total. The molecule has 0 saturated heterocycles. The second kappa shape index (κ2) is 6.23. The first-order valence-corrected chi connectivity index (χ1v) is 6.03. The van der Waals surface area contributed by atoms with Crippen LogP contribution in [-0.2, 0) is 0 Å². The molecule has 1 aromatic carbocycles. The zero-order chi connectivity index (χ0) is 14.6. The quantitative estimate of drug-likeness (QED) is 0.831. The predicted molar refractivity (Wildman–Crippen MR) is 65.6 cm³/mol. The van der Waals surface area contributed by atoms with Crippen LogP contribution in [0, 0.1) is 5.82 Å². The predicted octanol–water partition coefficient (Wildman–Crippen LogP) is 3.66. The minimum Gasteiger partial charge on any atom is -0.389 e. The summed E-state index contributed by atoms with van der Waals surface area (Å²) in [5.74, 6) is -0.580. The SMILES string of the molecule is CCCN(CC(F)(F)F)c1ccc(F)cc1[C@@H](C)O. The van der Waals surface area contributed by atoms with Gasteiger partial charge in [0.2, 0.25) is 0 Å². The topological polar surface area (TPSA) is 23.5 Å². The Hall–Kier alpha value is -1.30. The summed E-state index contributed by atoms with van der Waals surface area (Å²) in [5.41, 5.74) is 0.383. The lowest BCUT2D eigenvalue weighted by atomic mass is 10.1. The first kappa shape index (κ1) is 15.8. The highest BCUT2D eigenvalue weighted by Crippen LogP contribution is 2.30. The number of benzene rings is 1. The highest BCUT2D eigenvalue weighted by molar-refractivity contribution is 5.55. The lowest BCUT2D eigenvalue weighted by Crippen LogP contribution is -2.35. The third-order valence-electron chi connectivity index (χ3n) is 2.64. The third-order valence-corrected chi connectivity index (χ3v) is 2.64. The van der Waals surface area contributed by atoms with Gasteiger partial charge in [-0.3, -0.25) is 0 Å². The van der Waals surface area contributed by atoms with Crippen molar-refractivity contribution in [2.24, 2.45) is 0 Å². The molecular formula is C13H17F4NO. The van der Waals surface area contributed by atoms with Crippen LogP contribution in [0.5, 0.6) is 0 Å². The van der Waals surface area contributed by atoms with Crippen molar-refractivity contribution < 1.29 is 22.7 Å². The van der Waals surface area contributed by atoms with E-state index in [2.05, 4.69) is 0 Å². The van der Waals surface area contributed by atoms with E-state index in [1.54, 1.807) is 6.92 Å². The van der Waals surface area contributed by atoms with Gasteiger partial charge in [-0.05, 0) is 31.5 Å². The summed E-state index contributed by atoms with van der Waals surface area (Å²) < 4.78 is 50.8. The largest absolute Gasteiger partial charge is 0.405 e. The molecule has 0 amide bonds. The molecule has 0 aliphatic heterocycles. The smallest absolute Gasteiger partial charge is 0.389 e. The number of aliphatic hydroxyl groups is 1. The molecule has 6 heteroatoms. The molecule has 1 rings (SSSR count). The molecule has 0 unspecified atom stereocenters. The van der Waals surface area contributed by atoms with Crippen LogP contribution in [0.1, 0.15) is 31.9 Å². The Morgan fingerprint density at radius 3 is 2.42 bits per heavy atom. The van der Waals surface area contributed by atoms with Crippen LogP contribution in [0.15, 0.2) is 18.2 Å². The fraction of sp³-hybridized carbons (Fsp3) is 0.538. The normalized spacial score (nSPS) is 13.4. The van der Waals surface area contributed by atoms with E-state index in [-0.39, 0.29) is 17.8 Å². The summed E-state index contributed by atoms with van der Waals surface area (Å²) in [4.78, 5) is 1.11. The minimum atomic E-state index is -4.35. The van der Waals surface area contributed by atoms with Crippen molar-refractivity contribution in [3.63, 3.8) is 0 Å². The molecule has 0 aromatic heterocycles. The van der Waals surface area contributed by atoms with Crippen LogP contribution in [0.3, 0.4) is 0 Å². The molecule has 0 fully saturated rings. The summed E-state index contributed by atoms with van der Waals surface area (Å²) in [6.45, 7) is 2.22. The van der Waals surface area contributed by atoms with Gasteiger partial charge in [0.1, 0.15) is 12.4 Å². The van der Waals surface area contributed by atoms with Gasteiger partial charge in [0.15, 0.2) is 0 Å². The summed E-state index contributed by atoms with van der Waals surface area (Å²) in [5, 5.41) is 9.57. The van der Waals surface area contributed by atoms with Crippen molar-refractivity contribution in [3.8, 4) is 0 Å². The number of anilines is 1. The molecule has 0 spiro atoms. The number of nitrogens with zero attached hydrogens (tertiary/aromatic N) is 1. The monoisotopic (exact) mass is 279 g/mol. The Bertz CT molecular complexity index is 418. The molecule has 1 atom stereocenters. The average molecular weight is 279 g/mol. The molecule has 1 aromatic rings. The van der Waals surface area contributed by atoms with Gasteiger partial charge in [-0.25, -0.2) is 4.39 Å². The van der Waals surface area contributed by atoms with Crippen molar-refractivity contribution >= 4 is 5.69 Å². The van der Waals surface area contributed by atoms with Gasteiger partial charge in [-0.1, -0.05) is 6.92 Å². The fourth-order valence-corrected chi connectivity index (χ4v) is 1.92. The first-order valence-electron chi connectivity index (χ1n) is 6.03. The lowest BCUT2D eigenvalue weighted by molar-refractivity contribution is -0.119. The van der Waals surface area contributed by atoms with Crippen LogP contribution in [0.4, 0.5) is 23.2 Å². The van der Waals surface area contributed by atoms with Crippen LogP contribution < -0.4 is 4.90 Å². The maximum Gasteiger partial charge on any atom is 0.405 e. The van der Waals surface area contributed by atoms with E-state index in [1.165, 1.54) is 13.0 Å². The summed E-state index contributed by atoms with van der Waals surface area (Å²) in [6.07, 6.45) is -4.86. The summed E-state index contributed by atoms with van der Waals surface area (Å²) in [7, 11) is 0. The Morgan fingerprint density at radius 2 is 1.95 bits per heavy atom. The van der Waals surface area contributed by atoms with Crippen LogP contribution in [0.25, 0.3) is 0 Å². The second-order valence-electron chi connectivity index (χ2n) is 4.42. The molecule has 0 radical (unpaired) electrons. The highest BCUT2D eigenvalue weighted by Gasteiger charge is 2.31. The number of hydrogen-bond donors (Lipinski definition) is 1. The zero-order valence-electron chi connectivity index (χ0n) is 10.8. The van der Waals surface area contributed by atoms with Crippen molar-refractivity contribution in [3.05, 3.63) is 29.6 Å². The highest BCUT2D eigenvalue weighted by atomic mass is 19.4.